The molecule has 0 heterocycles. The molecule has 0 aliphatic carbocycles. The Morgan fingerprint density at radius 1 is 1.00 bits per heavy atom. The fourth-order valence-electron chi connectivity index (χ4n) is 0.775. The third kappa shape index (κ3) is 8.35. The molecule has 1 heteroatoms. The van der Waals surface area contributed by atoms with Gasteiger partial charge in [-0.05, 0) is 43.1 Å². The highest BCUT2D eigenvalue weighted by molar-refractivity contribution is 8.47. The number of hydrogen-bond acceptors (Lipinski definition) is 0. The van der Waals surface area contributed by atoms with Crippen LogP contribution in [0.2, 0.25) is 0 Å². The molecule has 0 N–H and O–H groups in total. The van der Waals surface area contributed by atoms with Crippen LogP contribution in [0.5, 0.6) is 0 Å². The van der Waals surface area contributed by atoms with E-state index in [1.165, 1.54) is 12.2 Å². The second kappa shape index (κ2) is 2.77. The minimum absolute atomic E-state index is 0.876. The Bertz CT molecular complexity index is 96.4. The lowest BCUT2D eigenvalue weighted by Gasteiger charge is -2.47. The molecule has 0 aromatic heterocycles. The third-order valence-electron chi connectivity index (χ3n) is 1.60. The summed E-state index contributed by atoms with van der Waals surface area (Å²) in [5.41, 5.74) is 0. The van der Waals surface area contributed by atoms with Crippen LogP contribution in [0.15, 0.2) is 0 Å². The lowest BCUT2D eigenvalue weighted by atomic mass is 10.2. The van der Waals surface area contributed by atoms with E-state index in [-0.39, 0.29) is 0 Å². The van der Waals surface area contributed by atoms with Crippen LogP contribution in [0.1, 0.15) is 20.3 Å². The molecule has 0 bridgehead atoms. The van der Waals surface area contributed by atoms with Gasteiger partial charge in [0.2, 0.25) is 0 Å². The highest BCUT2D eigenvalue weighted by Crippen LogP contribution is 2.56. The van der Waals surface area contributed by atoms with Crippen molar-refractivity contribution in [2.24, 2.45) is 5.92 Å². The standard InChI is InChI=1S/C9H24S/c1-9(2)7-8-10(3,4,5)6/h9-10H,7-8H2,1-6H3. The molecule has 0 nitrogen and oxygen atoms in total. The van der Waals surface area contributed by atoms with E-state index in [9.17, 15) is 0 Å². The smallest absolute Gasteiger partial charge is 0.0362 e. The fourth-order valence-corrected chi connectivity index (χ4v) is 2.32. The van der Waals surface area contributed by atoms with Crippen molar-refractivity contribution in [3.05, 3.63) is 0 Å². The van der Waals surface area contributed by atoms with Crippen molar-refractivity contribution in [1.29, 1.82) is 0 Å². The van der Waals surface area contributed by atoms with Crippen LogP contribution >= 0.6 is 9.16 Å². The zero-order valence-electron chi connectivity index (χ0n) is 8.44. The molecule has 0 saturated carbocycles. The summed E-state index contributed by atoms with van der Waals surface area (Å²) in [6.45, 7) is 4.62. The summed E-state index contributed by atoms with van der Waals surface area (Å²) in [6, 6.07) is 0. The first-order valence-electron chi connectivity index (χ1n) is 4.17. The molecule has 0 aromatic carbocycles. The Kier molecular flexibility index (Phi) is 2.86. The molecular formula is C9H24S. The molecule has 0 saturated heterocycles. The van der Waals surface area contributed by atoms with Gasteiger partial charge in [-0.15, -0.1) is 0 Å². The first kappa shape index (κ1) is 10.3. The van der Waals surface area contributed by atoms with E-state index in [1.807, 2.05) is 0 Å². The Balaban J connectivity index is 3.70. The Labute approximate surface area is 66.7 Å². The minimum atomic E-state index is -1.17. The van der Waals surface area contributed by atoms with Gasteiger partial charge in [0, 0.05) is 0 Å². The van der Waals surface area contributed by atoms with E-state index in [0.717, 1.165) is 5.92 Å². The molecule has 0 rings (SSSR count). The summed E-state index contributed by atoms with van der Waals surface area (Å²) in [6.07, 6.45) is 11.2. The van der Waals surface area contributed by atoms with Gasteiger partial charge in [-0.25, -0.2) is 0 Å². The molecule has 0 atom stereocenters. The largest absolute Gasteiger partial charge is 0.292 e. The summed E-state index contributed by atoms with van der Waals surface area (Å²) in [5.74, 6) is 2.32. The first-order valence-corrected chi connectivity index (χ1v) is 8.38. The minimum Gasteiger partial charge on any atom is -0.292 e. The van der Waals surface area contributed by atoms with Crippen molar-refractivity contribution in [3.63, 3.8) is 0 Å². The average Bonchev–Trinajstić information content (AvgIpc) is 1.57. The van der Waals surface area contributed by atoms with Crippen LogP contribution in [0.25, 0.3) is 0 Å². The van der Waals surface area contributed by atoms with E-state index in [1.54, 1.807) is 0 Å². The average molecular weight is 164 g/mol. The Hall–Kier alpha value is 0.350. The molecule has 0 amide bonds. The Morgan fingerprint density at radius 3 is 1.50 bits per heavy atom. The summed E-state index contributed by atoms with van der Waals surface area (Å²) >= 11 is 0. The van der Waals surface area contributed by atoms with Gasteiger partial charge in [0.05, 0.1) is 0 Å². The van der Waals surface area contributed by atoms with Gasteiger partial charge in [-0.3, -0.25) is 9.16 Å². The number of rotatable bonds is 3. The van der Waals surface area contributed by atoms with Crippen molar-refractivity contribution < 1.29 is 0 Å². The number of hydrogen-bond donors (Lipinski definition) is 1. The zero-order chi connectivity index (χ0) is 8.44. The maximum Gasteiger partial charge on any atom is -0.0362 e. The molecule has 0 aromatic rings. The predicted octanol–water partition coefficient (Wildman–Crippen LogP) is 2.62. The van der Waals surface area contributed by atoms with Gasteiger partial charge in [-0.1, -0.05) is 13.8 Å². The first-order chi connectivity index (χ1) is 4.17. The second-order valence-corrected chi connectivity index (χ2v) is 14.2. The van der Waals surface area contributed by atoms with Crippen molar-refractivity contribution in [1.82, 2.24) is 0 Å². The van der Waals surface area contributed by atoms with Gasteiger partial charge < -0.3 is 0 Å². The van der Waals surface area contributed by atoms with Crippen LogP contribution in [0, 0.1) is 5.92 Å². The molecule has 0 aliphatic heterocycles. The van der Waals surface area contributed by atoms with Crippen LogP contribution in [-0.2, 0) is 0 Å². The molecular weight excluding hydrogens is 140 g/mol. The van der Waals surface area contributed by atoms with Gasteiger partial charge in [0.25, 0.3) is 0 Å². The van der Waals surface area contributed by atoms with E-state index >= 15 is 0 Å². The van der Waals surface area contributed by atoms with Gasteiger partial charge >= 0.3 is 0 Å². The van der Waals surface area contributed by atoms with Crippen LogP contribution in [0.3, 0.4) is 0 Å². The van der Waals surface area contributed by atoms with Crippen molar-refractivity contribution in [2.75, 3.05) is 30.8 Å². The molecule has 66 valence electrons. The SMILES string of the molecule is CC(C)CC[SH](C)(C)(C)C. The van der Waals surface area contributed by atoms with E-state index in [0.29, 0.717) is 0 Å². The maximum absolute atomic E-state index is 2.45. The zero-order valence-corrected chi connectivity index (χ0v) is 9.33. The molecule has 0 unspecified atom stereocenters. The van der Waals surface area contributed by atoms with Crippen LogP contribution in [-0.4, -0.2) is 30.8 Å². The normalized spacial score (nSPS) is 16.9. The predicted molar refractivity (Wildman–Crippen MR) is 57.0 cm³/mol. The highest BCUT2D eigenvalue weighted by Gasteiger charge is 2.17. The topological polar surface area (TPSA) is 0 Å². The molecule has 0 fully saturated rings. The van der Waals surface area contributed by atoms with Gasteiger partial charge in [0.1, 0.15) is 0 Å². The van der Waals surface area contributed by atoms with E-state index < -0.39 is 9.16 Å². The number of thiol groups is 1. The molecule has 0 aliphatic rings. The van der Waals surface area contributed by atoms with Crippen molar-refractivity contribution in [3.8, 4) is 0 Å². The summed E-state index contributed by atoms with van der Waals surface area (Å²) in [4.78, 5) is 0. The van der Waals surface area contributed by atoms with Crippen molar-refractivity contribution in [2.45, 2.75) is 20.3 Å². The highest BCUT2D eigenvalue weighted by atomic mass is 32.3. The third-order valence-corrected chi connectivity index (χ3v) is 3.65. The maximum atomic E-state index is 2.45. The monoisotopic (exact) mass is 164 g/mol. The molecule has 0 radical (unpaired) electrons. The van der Waals surface area contributed by atoms with E-state index in [4.69, 9.17) is 0 Å². The van der Waals surface area contributed by atoms with Crippen LogP contribution in [0.4, 0.5) is 0 Å². The van der Waals surface area contributed by atoms with Crippen LogP contribution < -0.4 is 0 Å². The second-order valence-electron chi connectivity index (χ2n) is 5.85. The Morgan fingerprint density at radius 2 is 1.40 bits per heavy atom. The van der Waals surface area contributed by atoms with E-state index in [2.05, 4.69) is 38.9 Å². The summed E-state index contributed by atoms with van der Waals surface area (Å²) < 4.78 is 0. The lowest BCUT2D eigenvalue weighted by Crippen LogP contribution is -2.16. The lowest BCUT2D eigenvalue weighted by molar-refractivity contribution is 0.629. The summed E-state index contributed by atoms with van der Waals surface area (Å²) in [5, 5.41) is 0. The van der Waals surface area contributed by atoms with Crippen molar-refractivity contribution >= 4 is 9.16 Å². The fraction of sp³-hybridized carbons (Fsp3) is 1.00. The summed E-state index contributed by atoms with van der Waals surface area (Å²) in [7, 11) is -1.17. The quantitative estimate of drug-likeness (QED) is 0.609. The molecule has 10 heavy (non-hydrogen) atoms. The molecule has 0 spiro atoms. The van der Waals surface area contributed by atoms with Gasteiger partial charge in [0.15, 0.2) is 0 Å². The van der Waals surface area contributed by atoms with Gasteiger partial charge in [-0.2, -0.15) is 0 Å².